The summed E-state index contributed by atoms with van der Waals surface area (Å²) in [6.45, 7) is 0.0768. The van der Waals surface area contributed by atoms with E-state index in [0.717, 1.165) is 12.1 Å². The zero-order valence-corrected chi connectivity index (χ0v) is 19.8. The molecule has 8 nitrogen and oxygen atoms in total. The second kappa shape index (κ2) is 12.1. The van der Waals surface area contributed by atoms with Crippen molar-refractivity contribution in [1.29, 1.82) is 0 Å². The molecule has 0 radical (unpaired) electrons. The van der Waals surface area contributed by atoms with Crippen LogP contribution >= 0.6 is 11.6 Å². The standard InChI is InChI=1S/C25H21ClF3N3O5/c26-18-5-9-20(10-6-18)32(24(36)31-19-7-11-21(12-8-19)37-25(27,28)29)15-16-1-3-17(4-2-16)23(35)30-14-13-22(33)34/h1-12H,13-15H2,(H,30,35)(H,31,36)(H,33,34). The number of anilines is 2. The Morgan fingerprint density at radius 2 is 1.54 bits per heavy atom. The number of rotatable bonds is 9. The SMILES string of the molecule is O=C(O)CCNC(=O)c1ccc(CN(C(=O)Nc2ccc(OC(F)(F)F)cc2)c2ccc(Cl)cc2)cc1. The average Bonchev–Trinajstić information content (AvgIpc) is 2.83. The largest absolute Gasteiger partial charge is 0.573 e. The molecule has 37 heavy (non-hydrogen) atoms. The number of urea groups is 1. The predicted octanol–water partition coefficient (Wildman–Crippen LogP) is 5.68. The van der Waals surface area contributed by atoms with Gasteiger partial charge in [-0.1, -0.05) is 23.7 Å². The molecule has 0 fully saturated rings. The number of nitrogens with zero attached hydrogens (tertiary/aromatic N) is 1. The predicted molar refractivity (Wildman–Crippen MR) is 131 cm³/mol. The van der Waals surface area contributed by atoms with Gasteiger partial charge in [0, 0.05) is 28.5 Å². The number of amides is 3. The van der Waals surface area contributed by atoms with Crippen LogP contribution in [0.2, 0.25) is 5.02 Å². The van der Waals surface area contributed by atoms with Crippen LogP contribution in [0.1, 0.15) is 22.3 Å². The zero-order valence-electron chi connectivity index (χ0n) is 19.1. The van der Waals surface area contributed by atoms with Gasteiger partial charge in [-0.25, -0.2) is 4.79 Å². The van der Waals surface area contributed by atoms with Crippen LogP contribution in [0.4, 0.5) is 29.3 Å². The summed E-state index contributed by atoms with van der Waals surface area (Å²) in [6, 6.07) is 17.0. The molecule has 0 aliphatic carbocycles. The number of halogens is 4. The van der Waals surface area contributed by atoms with Crippen LogP contribution in [0.3, 0.4) is 0 Å². The van der Waals surface area contributed by atoms with E-state index < -0.39 is 30.0 Å². The van der Waals surface area contributed by atoms with E-state index in [4.69, 9.17) is 16.7 Å². The maximum Gasteiger partial charge on any atom is 0.573 e. The van der Waals surface area contributed by atoms with E-state index in [2.05, 4.69) is 15.4 Å². The third-order valence-corrected chi connectivity index (χ3v) is 5.16. The number of benzene rings is 3. The molecule has 0 atom stereocenters. The molecule has 3 N–H and O–H groups in total. The maximum atomic E-state index is 13.1. The number of nitrogens with one attached hydrogen (secondary N) is 2. The highest BCUT2D eigenvalue weighted by Gasteiger charge is 2.31. The number of alkyl halides is 3. The molecule has 194 valence electrons. The normalized spacial score (nSPS) is 10.9. The van der Waals surface area contributed by atoms with Gasteiger partial charge in [-0.05, 0) is 66.2 Å². The van der Waals surface area contributed by atoms with E-state index in [9.17, 15) is 27.6 Å². The van der Waals surface area contributed by atoms with Crippen LogP contribution in [-0.4, -0.2) is 35.9 Å². The van der Waals surface area contributed by atoms with Crippen molar-refractivity contribution in [3.05, 3.63) is 88.9 Å². The molecule has 3 aromatic carbocycles. The van der Waals surface area contributed by atoms with Crippen LogP contribution < -0.4 is 20.3 Å². The molecular weight excluding hydrogens is 515 g/mol. The van der Waals surface area contributed by atoms with Gasteiger partial charge in [-0.15, -0.1) is 13.2 Å². The van der Waals surface area contributed by atoms with E-state index in [-0.39, 0.29) is 25.2 Å². The fourth-order valence-electron chi connectivity index (χ4n) is 3.16. The van der Waals surface area contributed by atoms with Gasteiger partial charge in [-0.2, -0.15) is 0 Å². The number of ether oxygens (including phenoxy) is 1. The maximum absolute atomic E-state index is 13.1. The van der Waals surface area contributed by atoms with Crippen LogP contribution in [0.5, 0.6) is 5.75 Å². The van der Waals surface area contributed by atoms with Gasteiger partial charge in [0.2, 0.25) is 0 Å². The number of aliphatic carboxylic acids is 1. The van der Waals surface area contributed by atoms with Crippen LogP contribution in [0.15, 0.2) is 72.8 Å². The Hall–Kier alpha value is -4.25. The van der Waals surface area contributed by atoms with Gasteiger partial charge in [0.05, 0.1) is 13.0 Å². The lowest BCUT2D eigenvalue weighted by atomic mass is 10.1. The summed E-state index contributed by atoms with van der Waals surface area (Å²) in [6.07, 6.45) is -5.03. The first-order valence-corrected chi connectivity index (χ1v) is 11.2. The van der Waals surface area contributed by atoms with Gasteiger partial charge < -0.3 is 20.5 Å². The Morgan fingerprint density at radius 3 is 2.11 bits per heavy atom. The molecule has 0 unspecified atom stereocenters. The molecule has 0 aliphatic heterocycles. The minimum absolute atomic E-state index is 0.0102. The van der Waals surface area contributed by atoms with Crippen molar-refractivity contribution in [2.75, 3.05) is 16.8 Å². The monoisotopic (exact) mass is 535 g/mol. The second-order valence-corrected chi connectivity index (χ2v) is 8.10. The minimum Gasteiger partial charge on any atom is -0.481 e. The smallest absolute Gasteiger partial charge is 0.481 e. The van der Waals surface area contributed by atoms with E-state index in [1.807, 2.05) is 0 Å². The first-order valence-electron chi connectivity index (χ1n) is 10.8. The first kappa shape index (κ1) is 27.3. The van der Waals surface area contributed by atoms with E-state index in [0.29, 0.717) is 21.8 Å². The third-order valence-electron chi connectivity index (χ3n) is 4.90. The summed E-state index contributed by atoms with van der Waals surface area (Å²) in [4.78, 5) is 37.3. The van der Waals surface area contributed by atoms with Crippen LogP contribution in [0.25, 0.3) is 0 Å². The lowest BCUT2D eigenvalue weighted by molar-refractivity contribution is -0.274. The number of carbonyl (C=O) groups excluding carboxylic acids is 2. The highest BCUT2D eigenvalue weighted by Crippen LogP contribution is 2.25. The van der Waals surface area contributed by atoms with Crippen molar-refractivity contribution in [3.8, 4) is 5.75 Å². The topological polar surface area (TPSA) is 108 Å². The molecule has 12 heteroatoms. The highest BCUT2D eigenvalue weighted by atomic mass is 35.5. The summed E-state index contributed by atoms with van der Waals surface area (Å²) < 4.78 is 41.0. The molecule has 3 aromatic rings. The molecule has 0 bridgehead atoms. The third kappa shape index (κ3) is 8.73. The number of hydrogen-bond donors (Lipinski definition) is 3. The lowest BCUT2D eigenvalue weighted by Crippen LogP contribution is -2.34. The highest BCUT2D eigenvalue weighted by molar-refractivity contribution is 6.30. The van der Waals surface area contributed by atoms with Crippen molar-refractivity contribution in [1.82, 2.24) is 5.32 Å². The van der Waals surface area contributed by atoms with Gasteiger partial charge in [0.25, 0.3) is 5.91 Å². The quantitative estimate of drug-likeness (QED) is 0.327. The summed E-state index contributed by atoms with van der Waals surface area (Å²) >= 11 is 5.97. The van der Waals surface area contributed by atoms with E-state index in [1.165, 1.54) is 17.0 Å². The average molecular weight is 536 g/mol. The molecule has 3 rings (SSSR count). The van der Waals surface area contributed by atoms with Gasteiger partial charge in [0.1, 0.15) is 5.75 Å². The molecule has 0 heterocycles. The zero-order chi connectivity index (χ0) is 27.0. The number of carbonyl (C=O) groups is 3. The molecule has 0 aliphatic rings. The summed E-state index contributed by atoms with van der Waals surface area (Å²) in [7, 11) is 0. The molecule has 3 amide bonds. The summed E-state index contributed by atoms with van der Waals surface area (Å²) in [5.41, 5.74) is 1.72. The van der Waals surface area contributed by atoms with E-state index >= 15 is 0 Å². The van der Waals surface area contributed by atoms with Gasteiger partial charge in [0.15, 0.2) is 0 Å². The molecule has 0 aromatic heterocycles. The van der Waals surface area contributed by atoms with Crippen molar-refractivity contribution >= 4 is 40.9 Å². The fraction of sp³-hybridized carbons (Fsp3) is 0.160. The molecule has 0 saturated heterocycles. The fourth-order valence-corrected chi connectivity index (χ4v) is 3.29. The van der Waals surface area contributed by atoms with Crippen LogP contribution in [0, 0.1) is 0 Å². The van der Waals surface area contributed by atoms with Crippen molar-refractivity contribution in [2.45, 2.75) is 19.3 Å². The van der Waals surface area contributed by atoms with Crippen molar-refractivity contribution in [3.63, 3.8) is 0 Å². The molecule has 0 saturated carbocycles. The Balaban J connectivity index is 1.73. The van der Waals surface area contributed by atoms with Gasteiger partial charge in [-0.3, -0.25) is 14.5 Å². The molecule has 0 spiro atoms. The Morgan fingerprint density at radius 1 is 0.919 bits per heavy atom. The van der Waals surface area contributed by atoms with Gasteiger partial charge >= 0.3 is 18.4 Å². The summed E-state index contributed by atoms with van der Waals surface area (Å²) in [5, 5.41) is 14.3. The Bertz CT molecular complexity index is 1230. The Kier molecular flexibility index (Phi) is 8.96. The second-order valence-electron chi connectivity index (χ2n) is 7.66. The lowest BCUT2D eigenvalue weighted by Gasteiger charge is -2.24. The minimum atomic E-state index is -4.83. The first-order chi connectivity index (χ1) is 17.5. The molecular formula is C25H21ClF3N3O5. The van der Waals surface area contributed by atoms with Crippen molar-refractivity contribution < 1.29 is 37.4 Å². The number of hydrogen-bond acceptors (Lipinski definition) is 4. The number of carboxylic acid groups (broad SMARTS) is 1. The van der Waals surface area contributed by atoms with Crippen molar-refractivity contribution in [2.24, 2.45) is 0 Å². The number of carboxylic acids is 1. The Labute approximate surface area is 214 Å². The van der Waals surface area contributed by atoms with E-state index in [1.54, 1.807) is 48.5 Å². The van der Waals surface area contributed by atoms with Crippen LogP contribution in [-0.2, 0) is 11.3 Å². The summed E-state index contributed by atoms with van der Waals surface area (Å²) in [5.74, 6) is -1.88.